The van der Waals surface area contributed by atoms with Crippen LogP contribution in [-0.2, 0) is 30.1 Å². The molecule has 0 aromatic rings. The molecule has 1 aliphatic heterocycles. The summed E-state index contributed by atoms with van der Waals surface area (Å²) in [7, 11) is -11.3. The summed E-state index contributed by atoms with van der Waals surface area (Å²) >= 11 is 1.36. The molecule has 0 unspecified atom stereocenters. The van der Waals surface area contributed by atoms with Crippen molar-refractivity contribution in [1.29, 1.82) is 0 Å². The van der Waals surface area contributed by atoms with Crippen LogP contribution in [0, 0.1) is 5.92 Å². The van der Waals surface area contributed by atoms with Gasteiger partial charge in [0.1, 0.15) is 0 Å². The minimum absolute atomic E-state index is 0.137. The first-order chi connectivity index (χ1) is 12.9. The Bertz CT molecular complexity index is 750. The zero-order chi connectivity index (χ0) is 21.6. The molecule has 0 bridgehead atoms. The van der Waals surface area contributed by atoms with Gasteiger partial charge in [-0.05, 0) is 25.0 Å². The minimum atomic E-state index is -3.79. The zero-order valence-electron chi connectivity index (χ0n) is 17.1. The number of hydrogen-bond acceptors (Lipinski definition) is 7. The van der Waals surface area contributed by atoms with Gasteiger partial charge in [0.05, 0.1) is 37.3 Å². The van der Waals surface area contributed by atoms with E-state index in [9.17, 15) is 25.3 Å². The van der Waals surface area contributed by atoms with Gasteiger partial charge in [-0.2, -0.15) is 24.7 Å². The van der Waals surface area contributed by atoms with Gasteiger partial charge >= 0.3 is 0 Å². The van der Waals surface area contributed by atoms with Crippen molar-refractivity contribution in [1.82, 2.24) is 12.9 Å². The molecule has 0 radical (unpaired) electrons. The smallest absolute Gasteiger partial charge is 0.212 e. The van der Waals surface area contributed by atoms with Crippen molar-refractivity contribution in [2.24, 2.45) is 5.92 Å². The van der Waals surface area contributed by atoms with Crippen molar-refractivity contribution < 1.29 is 25.3 Å². The molecule has 0 atom stereocenters. The fourth-order valence-corrected chi connectivity index (χ4v) is 8.29. The number of hydrogen-bond donors (Lipinski definition) is 0. The van der Waals surface area contributed by atoms with Crippen molar-refractivity contribution in [3.05, 3.63) is 0 Å². The Hall–Kier alpha value is 0.0800. The monoisotopic (exact) mass is 479 g/mol. The van der Waals surface area contributed by atoms with Crippen LogP contribution in [0.1, 0.15) is 40.0 Å². The average Bonchev–Trinajstić information content (AvgIpc) is 2.63. The Balaban J connectivity index is 3.17. The lowest BCUT2D eigenvalue weighted by Crippen LogP contribution is -2.60. The van der Waals surface area contributed by atoms with E-state index in [1.807, 2.05) is 20.8 Å². The van der Waals surface area contributed by atoms with E-state index in [1.165, 1.54) is 11.8 Å². The van der Waals surface area contributed by atoms with Crippen LogP contribution in [-0.4, -0.2) is 87.4 Å². The molecule has 9 nitrogen and oxygen atoms in total. The van der Waals surface area contributed by atoms with Crippen LogP contribution in [0.25, 0.3) is 0 Å². The molecule has 0 spiro atoms. The standard InChI is InChI=1S/C15H33N3O6S4/c1-5-6-9-26(19,20)16-12-17(27(21,22)10-7-15(2)3)14-18(13-16)28(23,24)11-8-25-4/h15H,5-14H2,1-4H3. The first-order valence-electron chi connectivity index (χ1n) is 9.28. The number of nitrogens with zero attached hydrogens (tertiary/aromatic N) is 3. The van der Waals surface area contributed by atoms with E-state index in [0.29, 0.717) is 25.0 Å². The number of sulfonamides is 3. The molecule has 1 heterocycles. The summed E-state index contributed by atoms with van der Waals surface area (Å²) < 4.78 is 79.0. The van der Waals surface area contributed by atoms with Gasteiger partial charge in [0.15, 0.2) is 0 Å². The predicted molar refractivity (Wildman–Crippen MR) is 114 cm³/mol. The summed E-state index contributed by atoms with van der Waals surface area (Å²) in [6.45, 7) is 4.60. The summed E-state index contributed by atoms with van der Waals surface area (Å²) in [6.07, 6.45) is 3.29. The molecule has 13 heteroatoms. The molecule has 0 aliphatic carbocycles. The van der Waals surface area contributed by atoms with E-state index in [2.05, 4.69) is 0 Å². The molecule has 28 heavy (non-hydrogen) atoms. The van der Waals surface area contributed by atoms with Crippen molar-refractivity contribution >= 4 is 41.8 Å². The Morgan fingerprint density at radius 2 is 1.21 bits per heavy atom. The summed E-state index contributed by atoms with van der Waals surface area (Å²) in [5.74, 6) is 0.0533. The van der Waals surface area contributed by atoms with Crippen molar-refractivity contribution in [3.63, 3.8) is 0 Å². The van der Waals surface area contributed by atoms with Crippen LogP contribution in [0.3, 0.4) is 0 Å². The molecule has 0 aromatic heterocycles. The van der Waals surface area contributed by atoms with Crippen molar-refractivity contribution in [3.8, 4) is 0 Å². The maximum atomic E-state index is 12.7. The Kier molecular flexibility index (Phi) is 10.2. The highest BCUT2D eigenvalue weighted by molar-refractivity contribution is 7.99. The van der Waals surface area contributed by atoms with Crippen LogP contribution in [0.15, 0.2) is 0 Å². The normalized spacial score (nSPS) is 18.8. The van der Waals surface area contributed by atoms with Crippen molar-refractivity contribution in [2.45, 2.75) is 40.0 Å². The van der Waals surface area contributed by atoms with Gasteiger partial charge in [0.25, 0.3) is 0 Å². The number of thioether (sulfide) groups is 1. The second kappa shape index (κ2) is 10.9. The molecule has 168 valence electrons. The van der Waals surface area contributed by atoms with Gasteiger partial charge in [-0.1, -0.05) is 27.2 Å². The summed E-state index contributed by atoms with van der Waals surface area (Å²) in [4.78, 5) is 0. The van der Waals surface area contributed by atoms with Crippen molar-refractivity contribution in [2.75, 3.05) is 49.3 Å². The van der Waals surface area contributed by atoms with Gasteiger partial charge in [0.2, 0.25) is 30.1 Å². The lowest BCUT2D eigenvalue weighted by molar-refractivity contribution is 0.127. The van der Waals surface area contributed by atoms with Gasteiger partial charge in [0, 0.05) is 5.75 Å². The highest BCUT2D eigenvalue weighted by Crippen LogP contribution is 2.21. The Morgan fingerprint density at radius 1 is 0.786 bits per heavy atom. The van der Waals surface area contributed by atoms with Gasteiger partial charge in [-0.25, -0.2) is 25.3 Å². The van der Waals surface area contributed by atoms with Gasteiger partial charge < -0.3 is 0 Å². The minimum Gasteiger partial charge on any atom is -0.212 e. The lowest BCUT2D eigenvalue weighted by atomic mass is 10.2. The number of rotatable bonds is 12. The first kappa shape index (κ1) is 26.1. The summed E-state index contributed by atoms with van der Waals surface area (Å²) in [5.41, 5.74) is 0. The summed E-state index contributed by atoms with van der Waals surface area (Å²) in [5, 5.41) is 0. The zero-order valence-corrected chi connectivity index (χ0v) is 20.3. The van der Waals surface area contributed by atoms with E-state index in [1.54, 1.807) is 6.26 Å². The van der Waals surface area contributed by atoms with E-state index in [0.717, 1.165) is 12.9 Å². The lowest BCUT2D eigenvalue weighted by Gasteiger charge is -2.40. The van der Waals surface area contributed by atoms with Crippen LogP contribution in [0.2, 0.25) is 0 Å². The largest absolute Gasteiger partial charge is 0.217 e. The quantitative estimate of drug-likeness (QED) is 0.410. The molecule has 1 aliphatic rings. The third kappa shape index (κ3) is 7.73. The maximum Gasteiger partial charge on any atom is 0.217 e. The van der Waals surface area contributed by atoms with Crippen LogP contribution in [0.5, 0.6) is 0 Å². The van der Waals surface area contributed by atoms with Crippen LogP contribution < -0.4 is 0 Å². The molecule has 1 rings (SSSR count). The SMILES string of the molecule is CCCCS(=O)(=O)N1CN(S(=O)(=O)CCSC)CN(S(=O)(=O)CCC(C)C)C1. The van der Waals surface area contributed by atoms with Gasteiger partial charge in [-0.15, -0.1) is 0 Å². The molecule has 1 fully saturated rings. The highest BCUT2D eigenvalue weighted by Gasteiger charge is 2.40. The van der Waals surface area contributed by atoms with E-state index >= 15 is 0 Å². The third-order valence-corrected chi connectivity index (χ3v) is 10.6. The molecular weight excluding hydrogens is 446 g/mol. The fraction of sp³-hybridized carbons (Fsp3) is 1.00. The molecule has 1 saturated heterocycles. The third-order valence-electron chi connectivity index (χ3n) is 4.38. The van der Waals surface area contributed by atoms with Crippen LogP contribution in [0.4, 0.5) is 0 Å². The second-order valence-electron chi connectivity index (χ2n) is 7.26. The van der Waals surface area contributed by atoms with E-state index < -0.39 is 30.1 Å². The first-order valence-corrected chi connectivity index (χ1v) is 15.5. The second-order valence-corrected chi connectivity index (χ2v) is 14.5. The Labute approximate surface area is 175 Å². The molecule has 0 N–H and O–H groups in total. The van der Waals surface area contributed by atoms with Crippen LogP contribution >= 0.6 is 11.8 Å². The molecule has 0 amide bonds. The Morgan fingerprint density at radius 3 is 1.61 bits per heavy atom. The maximum absolute atomic E-state index is 12.7. The highest BCUT2D eigenvalue weighted by atomic mass is 32.2. The molecule has 0 saturated carbocycles. The van der Waals surface area contributed by atoms with E-state index in [4.69, 9.17) is 0 Å². The molecule has 0 aromatic carbocycles. The fourth-order valence-electron chi connectivity index (χ4n) is 2.48. The summed E-state index contributed by atoms with van der Waals surface area (Å²) in [6, 6.07) is 0. The molecular formula is C15H33N3O6S4. The predicted octanol–water partition coefficient (Wildman–Crippen LogP) is 0.977. The average molecular weight is 480 g/mol. The van der Waals surface area contributed by atoms with Gasteiger partial charge in [-0.3, -0.25) is 0 Å². The number of unbranched alkanes of at least 4 members (excludes halogenated alkanes) is 1. The van der Waals surface area contributed by atoms with E-state index in [-0.39, 0.29) is 43.2 Å². The topological polar surface area (TPSA) is 112 Å².